The maximum Gasteiger partial charge on any atom is 0.305 e. The van der Waals surface area contributed by atoms with Crippen molar-refractivity contribution in [3.8, 4) is 0 Å². The zero-order valence-corrected chi connectivity index (χ0v) is 11.1. The smallest absolute Gasteiger partial charge is 0.305 e. The van der Waals surface area contributed by atoms with Gasteiger partial charge in [-0.2, -0.15) is 0 Å². The molecule has 1 saturated carbocycles. The highest BCUT2D eigenvalue weighted by atomic mass is 16.4. The second kappa shape index (κ2) is 7.36. The van der Waals surface area contributed by atoms with Crippen LogP contribution in [-0.4, -0.2) is 41.5 Å². The average molecular weight is 256 g/mol. The Hall–Kier alpha value is -1.10. The number of nitrogens with zero attached hydrogens (tertiary/aromatic N) is 1. The summed E-state index contributed by atoms with van der Waals surface area (Å²) in [6, 6.07) is -0.918. The first-order valence-electron chi connectivity index (χ1n) is 6.73. The SMILES string of the molecule is CN(CCC1CCCCC1)C(=O)C(N)CC(=O)O. The predicted octanol–water partition coefficient (Wildman–Crippen LogP) is 1.22. The summed E-state index contributed by atoms with van der Waals surface area (Å²) in [5.74, 6) is -0.588. The highest BCUT2D eigenvalue weighted by Gasteiger charge is 2.21. The summed E-state index contributed by atoms with van der Waals surface area (Å²) in [7, 11) is 1.70. The van der Waals surface area contributed by atoms with E-state index in [2.05, 4.69) is 0 Å². The lowest BCUT2D eigenvalue weighted by atomic mass is 9.87. The van der Waals surface area contributed by atoms with Gasteiger partial charge >= 0.3 is 5.97 Å². The Labute approximate surface area is 108 Å². The minimum absolute atomic E-state index is 0.270. The van der Waals surface area contributed by atoms with Gasteiger partial charge in [-0.3, -0.25) is 9.59 Å². The van der Waals surface area contributed by atoms with Gasteiger partial charge in [-0.15, -0.1) is 0 Å². The third kappa shape index (κ3) is 5.04. The molecule has 0 aromatic rings. The van der Waals surface area contributed by atoms with Crippen LogP contribution in [0.2, 0.25) is 0 Å². The van der Waals surface area contributed by atoms with Crippen molar-refractivity contribution in [2.24, 2.45) is 11.7 Å². The maximum atomic E-state index is 11.8. The average Bonchev–Trinajstić information content (AvgIpc) is 2.35. The summed E-state index contributed by atoms with van der Waals surface area (Å²) in [5.41, 5.74) is 5.56. The van der Waals surface area contributed by atoms with Crippen molar-refractivity contribution in [2.45, 2.75) is 51.0 Å². The van der Waals surface area contributed by atoms with Crippen LogP contribution >= 0.6 is 0 Å². The van der Waals surface area contributed by atoms with Crippen molar-refractivity contribution in [3.63, 3.8) is 0 Å². The Bertz CT molecular complexity index is 288. The Morgan fingerprint density at radius 1 is 1.33 bits per heavy atom. The molecule has 1 fully saturated rings. The molecule has 0 bridgehead atoms. The zero-order valence-electron chi connectivity index (χ0n) is 11.1. The van der Waals surface area contributed by atoms with Crippen LogP contribution in [0.15, 0.2) is 0 Å². The highest BCUT2D eigenvalue weighted by Crippen LogP contribution is 2.26. The standard InChI is InChI=1S/C13H24N2O3/c1-15(13(18)11(14)9-12(16)17)8-7-10-5-3-2-4-6-10/h10-11H,2-9,14H2,1H3,(H,16,17). The highest BCUT2D eigenvalue weighted by molar-refractivity contribution is 5.85. The molecule has 0 saturated heterocycles. The molecule has 1 amide bonds. The first-order valence-corrected chi connectivity index (χ1v) is 6.73. The molecule has 0 heterocycles. The number of likely N-dealkylation sites (N-methyl/N-ethyl adjacent to an activating group) is 1. The van der Waals surface area contributed by atoms with Gasteiger partial charge in [0.05, 0.1) is 12.5 Å². The maximum absolute atomic E-state index is 11.8. The van der Waals surface area contributed by atoms with Crippen molar-refractivity contribution in [1.29, 1.82) is 0 Å². The van der Waals surface area contributed by atoms with Gasteiger partial charge < -0.3 is 15.7 Å². The Morgan fingerprint density at radius 2 is 1.94 bits per heavy atom. The van der Waals surface area contributed by atoms with Gasteiger partial charge in [0.15, 0.2) is 0 Å². The third-order valence-corrected chi connectivity index (χ3v) is 3.69. The molecule has 1 rings (SSSR count). The lowest BCUT2D eigenvalue weighted by Gasteiger charge is -2.25. The van der Waals surface area contributed by atoms with E-state index in [-0.39, 0.29) is 12.3 Å². The monoisotopic (exact) mass is 256 g/mol. The number of amides is 1. The number of hydrogen-bond donors (Lipinski definition) is 2. The number of carboxylic acids is 1. The van der Waals surface area contributed by atoms with Crippen LogP contribution in [0.1, 0.15) is 44.9 Å². The summed E-state index contributed by atoms with van der Waals surface area (Å²) in [6.45, 7) is 0.677. The molecule has 0 aromatic heterocycles. The zero-order chi connectivity index (χ0) is 13.5. The molecule has 1 aliphatic rings. The molecule has 104 valence electrons. The molecule has 0 spiro atoms. The van der Waals surface area contributed by atoms with Crippen LogP contribution in [0, 0.1) is 5.92 Å². The minimum Gasteiger partial charge on any atom is -0.481 e. The molecule has 1 unspecified atom stereocenters. The molecule has 18 heavy (non-hydrogen) atoms. The van der Waals surface area contributed by atoms with Crippen LogP contribution in [0.4, 0.5) is 0 Å². The largest absolute Gasteiger partial charge is 0.481 e. The van der Waals surface area contributed by atoms with Gasteiger partial charge in [-0.25, -0.2) is 0 Å². The van der Waals surface area contributed by atoms with Crippen LogP contribution in [-0.2, 0) is 9.59 Å². The lowest BCUT2D eigenvalue weighted by molar-refractivity contribution is -0.141. The minimum atomic E-state index is -1.03. The molecular weight excluding hydrogens is 232 g/mol. The van der Waals surface area contributed by atoms with Crippen LogP contribution < -0.4 is 5.73 Å². The van der Waals surface area contributed by atoms with Crippen molar-refractivity contribution >= 4 is 11.9 Å². The first kappa shape index (κ1) is 15.0. The molecule has 1 atom stereocenters. The fourth-order valence-electron chi connectivity index (χ4n) is 2.52. The van der Waals surface area contributed by atoms with Crippen molar-refractivity contribution in [3.05, 3.63) is 0 Å². The fraction of sp³-hybridized carbons (Fsp3) is 0.846. The molecule has 5 nitrogen and oxygen atoms in total. The molecule has 0 aliphatic heterocycles. The van der Waals surface area contributed by atoms with E-state index in [1.807, 2.05) is 0 Å². The number of aliphatic carboxylic acids is 1. The summed E-state index contributed by atoms with van der Waals surface area (Å²) >= 11 is 0. The van der Waals surface area contributed by atoms with Crippen molar-refractivity contribution < 1.29 is 14.7 Å². The second-order valence-corrected chi connectivity index (χ2v) is 5.26. The Balaban J connectivity index is 2.28. The van der Waals surface area contributed by atoms with Crippen LogP contribution in [0.5, 0.6) is 0 Å². The van der Waals surface area contributed by atoms with Gasteiger partial charge in [0.25, 0.3) is 0 Å². The van der Waals surface area contributed by atoms with Crippen LogP contribution in [0.25, 0.3) is 0 Å². The van der Waals surface area contributed by atoms with E-state index in [1.54, 1.807) is 11.9 Å². The molecule has 0 aromatic carbocycles. The van der Waals surface area contributed by atoms with Crippen LogP contribution in [0.3, 0.4) is 0 Å². The topological polar surface area (TPSA) is 83.6 Å². The van der Waals surface area contributed by atoms with E-state index in [1.165, 1.54) is 32.1 Å². The van der Waals surface area contributed by atoms with E-state index in [9.17, 15) is 9.59 Å². The van der Waals surface area contributed by atoms with E-state index in [0.29, 0.717) is 12.5 Å². The summed E-state index contributed by atoms with van der Waals surface area (Å²) in [5, 5.41) is 8.60. The quantitative estimate of drug-likeness (QED) is 0.748. The number of carbonyl (C=O) groups excluding carboxylic acids is 1. The molecular formula is C13H24N2O3. The van der Waals surface area contributed by atoms with Gasteiger partial charge in [0.1, 0.15) is 0 Å². The number of hydrogen-bond acceptors (Lipinski definition) is 3. The van der Waals surface area contributed by atoms with Gasteiger partial charge in [-0.1, -0.05) is 32.1 Å². The predicted molar refractivity (Wildman–Crippen MR) is 69.1 cm³/mol. The normalized spacial score (nSPS) is 18.3. The van der Waals surface area contributed by atoms with Crippen molar-refractivity contribution in [2.75, 3.05) is 13.6 Å². The number of nitrogens with two attached hydrogens (primary N) is 1. The Morgan fingerprint density at radius 3 is 2.50 bits per heavy atom. The van der Waals surface area contributed by atoms with Gasteiger partial charge in [-0.05, 0) is 12.3 Å². The molecule has 5 heteroatoms. The van der Waals surface area contributed by atoms with Gasteiger partial charge in [0.2, 0.25) is 5.91 Å². The summed E-state index contributed by atoms with van der Waals surface area (Å²) in [6.07, 6.45) is 7.12. The Kier molecular flexibility index (Phi) is 6.12. The van der Waals surface area contributed by atoms with Crippen molar-refractivity contribution in [1.82, 2.24) is 4.90 Å². The van der Waals surface area contributed by atoms with E-state index < -0.39 is 12.0 Å². The van der Waals surface area contributed by atoms with E-state index in [0.717, 1.165) is 6.42 Å². The number of rotatable bonds is 6. The number of carbonyl (C=O) groups is 2. The fourth-order valence-corrected chi connectivity index (χ4v) is 2.52. The first-order chi connectivity index (χ1) is 8.50. The number of carboxylic acid groups (broad SMARTS) is 1. The lowest BCUT2D eigenvalue weighted by Crippen LogP contribution is -2.43. The molecule has 0 radical (unpaired) electrons. The summed E-state index contributed by atoms with van der Waals surface area (Å²) < 4.78 is 0. The van der Waals surface area contributed by atoms with E-state index >= 15 is 0 Å². The third-order valence-electron chi connectivity index (χ3n) is 3.69. The second-order valence-electron chi connectivity index (χ2n) is 5.26. The molecule has 3 N–H and O–H groups in total. The molecule has 1 aliphatic carbocycles. The summed E-state index contributed by atoms with van der Waals surface area (Å²) in [4.78, 5) is 23.9. The van der Waals surface area contributed by atoms with Gasteiger partial charge in [0, 0.05) is 13.6 Å². The van der Waals surface area contributed by atoms with E-state index in [4.69, 9.17) is 10.8 Å².